The molecule has 0 saturated carbocycles. The summed E-state index contributed by atoms with van der Waals surface area (Å²) in [6.07, 6.45) is 7.13. The Labute approximate surface area is 108 Å². The van der Waals surface area contributed by atoms with Gasteiger partial charge >= 0.3 is 0 Å². The van der Waals surface area contributed by atoms with Crippen molar-refractivity contribution < 1.29 is 4.39 Å². The number of benzene rings is 1. The molecule has 0 saturated heterocycles. The van der Waals surface area contributed by atoms with E-state index in [1.807, 2.05) is 30.6 Å². The largest absolute Gasteiger partial charge is 0.321 e. The van der Waals surface area contributed by atoms with E-state index in [1.165, 1.54) is 12.1 Å². The summed E-state index contributed by atoms with van der Waals surface area (Å²) in [5.41, 5.74) is 1.77. The average molecular weight is 252 g/mol. The van der Waals surface area contributed by atoms with Crippen LogP contribution in [0.3, 0.4) is 0 Å². The third-order valence-corrected chi connectivity index (χ3v) is 2.76. The molecule has 2 aromatic heterocycles. The first-order chi connectivity index (χ1) is 9.26. The molecular weight excluding hydrogens is 243 g/mol. The highest BCUT2D eigenvalue weighted by Gasteiger charge is 2.04. The first-order valence-corrected chi connectivity index (χ1v) is 5.65. The van der Waals surface area contributed by atoms with E-state index in [-0.39, 0.29) is 0 Å². The summed E-state index contributed by atoms with van der Waals surface area (Å²) in [6, 6.07) is 9.86. The Morgan fingerprint density at radius 1 is 1.16 bits per heavy atom. The van der Waals surface area contributed by atoms with Gasteiger partial charge in [-0.05, 0) is 30.3 Å². The number of halogens is 1. The molecule has 0 spiro atoms. The van der Waals surface area contributed by atoms with Crippen molar-refractivity contribution in [2.24, 2.45) is 0 Å². The lowest BCUT2D eigenvalue weighted by atomic mass is 10.2. The Kier molecular flexibility index (Phi) is 2.62. The summed E-state index contributed by atoms with van der Waals surface area (Å²) in [4.78, 5) is 0. The van der Waals surface area contributed by atoms with Crippen molar-refractivity contribution in [3.05, 3.63) is 66.5 Å². The van der Waals surface area contributed by atoms with Gasteiger partial charge < -0.3 is 4.57 Å². The highest BCUT2D eigenvalue weighted by Crippen LogP contribution is 2.16. The fraction of sp³-hybridized carbons (Fsp3) is 0. The molecule has 0 radical (unpaired) electrons. The SMILES string of the molecule is N#Cc1cc(F)cc(-n2ccc(-n3cccn3)c2)c1. The number of aromatic nitrogens is 3. The van der Waals surface area contributed by atoms with Crippen molar-refractivity contribution >= 4 is 0 Å². The molecule has 0 atom stereocenters. The number of nitrogens with zero attached hydrogens (tertiary/aromatic N) is 4. The van der Waals surface area contributed by atoms with Crippen molar-refractivity contribution in [2.75, 3.05) is 0 Å². The molecule has 3 aromatic rings. The van der Waals surface area contributed by atoms with Crippen molar-refractivity contribution in [3.8, 4) is 17.4 Å². The van der Waals surface area contributed by atoms with Gasteiger partial charge in [0.1, 0.15) is 5.82 Å². The lowest BCUT2D eigenvalue weighted by Gasteiger charge is -2.03. The minimum absolute atomic E-state index is 0.296. The molecule has 0 aliphatic carbocycles. The Hall–Kier alpha value is -2.87. The van der Waals surface area contributed by atoms with Crippen LogP contribution < -0.4 is 0 Å². The summed E-state index contributed by atoms with van der Waals surface area (Å²) < 4.78 is 16.9. The summed E-state index contributed by atoms with van der Waals surface area (Å²) in [5.74, 6) is -0.427. The van der Waals surface area contributed by atoms with Gasteiger partial charge in [-0.25, -0.2) is 9.07 Å². The van der Waals surface area contributed by atoms with Crippen molar-refractivity contribution in [2.45, 2.75) is 0 Å². The molecule has 4 nitrogen and oxygen atoms in total. The predicted molar refractivity (Wildman–Crippen MR) is 67.6 cm³/mol. The van der Waals surface area contributed by atoms with E-state index >= 15 is 0 Å². The maximum atomic E-state index is 13.4. The number of hydrogen-bond donors (Lipinski definition) is 0. The van der Waals surface area contributed by atoms with Crippen LogP contribution in [-0.2, 0) is 0 Å². The van der Waals surface area contributed by atoms with E-state index in [0.717, 1.165) is 5.69 Å². The van der Waals surface area contributed by atoms with Crippen LogP contribution >= 0.6 is 0 Å². The van der Waals surface area contributed by atoms with Gasteiger partial charge in [0.25, 0.3) is 0 Å². The second kappa shape index (κ2) is 4.42. The highest BCUT2D eigenvalue weighted by molar-refractivity contribution is 5.44. The standard InChI is InChI=1S/C14H9FN4/c15-12-6-11(9-16)7-14(8-12)18-5-2-13(10-18)19-4-1-3-17-19/h1-8,10H. The topological polar surface area (TPSA) is 46.5 Å². The van der Waals surface area contributed by atoms with Gasteiger partial charge in [0.15, 0.2) is 0 Å². The van der Waals surface area contributed by atoms with Gasteiger partial charge in [0.2, 0.25) is 0 Å². The lowest BCUT2D eigenvalue weighted by Crippen LogP contribution is -1.94. The van der Waals surface area contributed by atoms with Crippen LogP contribution in [0.1, 0.15) is 5.56 Å². The quantitative estimate of drug-likeness (QED) is 0.704. The molecule has 1 aromatic carbocycles. The van der Waals surface area contributed by atoms with Crippen LogP contribution in [0.5, 0.6) is 0 Å². The van der Waals surface area contributed by atoms with Crippen LogP contribution in [0, 0.1) is 17.1 Å². The predicted octanol–water partition coefficient (Wildman–Crippen LogP) is 2.67. The van der Waals surface area contributed by atoms with Crippen LogP contribution in [-0.4, -0.2) is 14.3 Å². The molecule has 0 bridgehead atoms. The third-order valence-electron chi connectivity index (χ3n) is 2.76. The molecule has 3 rings (SSSR count). The smallest absolute Gasteiger partial charge is 0.126 e. The Bertz CT molecular complexity index is 750. The zero-order chi connectivity index (χ0) is 13.2. The normalized spacial score (nSPS) is 10.3. The molecular formula is C14H9FN4. The summed E-state index contributed by atoms with van der Waals surface area (Å²) in [6.45, 7) is 0. The Morgan fingerprint density at radius 3 is 2.79 bits per heavy atom. The molecule has 92 valence electrons. The van der Waals surface area contributed by atoms with Crippen molar-refractivity contribution in [1.29, 1.82) is 5.26 Å². The first-order valence-electron chi connectivity index (χ1n) is 5.65. The third kappa shape index (κ3) is 2.11. The summed E-state index contributed by atoms with van der Waals surface area (Å²) in [5, 5.41) is 13.0. The van der Waals surface area contributed by atoms with E-state index in [1.54, 1.807) is 27.7 Å². The van der Waals surface area contributed by atoms with Crippen LogP contribution in [0.2, 0.25) is 0 Å². The van der Waals surface area contributed by atoms with E-state index in [4.69, 9.17) is 5.26 Å². The second-order valence-electron chi connectivity index (χ2n) is 4.04. The second-order valence-corrected chi connectivity index (χ2v) is 4.04. The van der Waals surface area contributed by atoms with Gasteiger partial charge in [0, 0.05) is 30.5 Å². The maximum absolute atomic E-state index is 13.4. The van der Waals surface area contributed by atoms with Gasteiger partial charge in [-0.1, -0.05) is 0 Å². The van der Waals surface area contributed by atoms with E-state index in [0.29, 0.717) is 11.3 Å². The minimum Gasteiger partial charge on any atom is -0.321 e. The van der Waals surface area contributed by atoms with E-state index < -0.39 is 5.82 Å². The van der Waals surface area contributed by atoms with Crippen LogP contribution in [0.25, 0.3) is 11.4 Å². The molecule has 19 heavy (non-hydrogen) atoms. The van der Waals surface area contributed by atoms with Crippen molar-refractivity contribution in [1.82, 2.24) is 14.3 Å². The maximum Gasteiger partial charge on any atom is 0.126 e. The molecule has 0 N–H and O–H groups in total. The highest BCUT2D eigenvalue weighted by atomic mass is 19.1. The van der Waals surface area contributed by atoms with Crippen molar-refractivity contribution in [3.63, 3.8) is 0 Å². The molecule has 0 aliphatic rings. The number of nitriles is 1. The molecule has 5 heteroatoms. The fourth-order valence-corrected chi connectivity index (χ4v) is 1.89. The van der Waals surface area contributed by atoms with Gasteiger partial charge in [-0.3, -0.25) is 0 Å². The molecule has 0 amide bonds. The average Bonchev–Trinajstić information content (AvgIpc) is 3.08. The van der Waals surface area contributed by atoms with E-state index in [9.17, 15) is 4.39 Å². The monoisotopic (exact) mass is 252 g/mol. The van der Waals surface area contributed by atoms with E-state index in [2.05, 4.69) is 5.10 Å². The minimum atomic E-state index is -0.427. The van der Waals surface area contributed by atoms with Gasteiger partial charge in [-0.15, -0.1) is 0 Å². The molecule has 0 aliphatic heterocycles. The van der Waals surface area contributed by atoms with Crippen LogP contribution in [0.15, 0.2) is 55.1 Å². The summed E-state index contributed by atoms with van der Waals surface area (Å²) in [7, 11) is 0. The number of rotatable bonds is 2. The van der Waals surface area contributed by atoms with Crippen LogP contribution in [0.4, 0.5) is 4.39 Å². The molecule has 0 fully saturated rings. The Balaban J connectivity index is 2.04. The van der Waals surface area contributed by atoms with Gasteiger partial charge in [0.05, 0.1) is 17.3 Å². The fourth-order valence-electron chi connectivity index (χ4n) is 1.89. The first kappa shape index (κ1) is 11.2. The lowest BCUT2D eigenvalue weighted by molar-refractivity contribution is 0.626. The Morgan fingerprint density at radius 2 is 2.05 bits per heavy atom. The summed E-state index contributed by atoms with van der Waals surface area (Å²) >= 11 is 0. The zero-order valence-corrected chi connectivity index (χ0v) is 9.86. The van der Waals surface area contributed by atoms with Gasteiger partial charge in [-0.2, -0.15) is 10.4 Å². The zero-order valence-electron chi connectivity index (χ0n) is 9.86. The number of hydrogen-bond acceptors (Lipinski definition) is 2. The molecule has 2 heterocycles. The molecule has 0 unspecified atom stereocenters.